The number of epoxide rings is 1. The highest BCUT2D eigenvalue weighted by atomic mass is 16.7. The first kappa shape index (κ1) is 15.2. The molecule has 2 bridgehead atoms. The largest absolute Gasteiger partial charge is 0.472 e. The van der Waals surface area contributed by atoms with Crippen molar-refractivity contribution in [1.29, 1.82) is 0 Å². The molecule has 6 rings (SSSR count). The zero-order chi connectivity index (χ0) is 17.5. The Bertz CT molecular complexity index is 823. The molecule has 6 heteroatoms. The Kier molecular flexibility index (Phi) is 2.98. The maximum absolute atomic E-state index is 12.0. The van der Waals surface area contributed by atoms with Crippen LogP contribution in [-0.4, -0.2) is 37.2 Å². The molecule has 1 aromatic heterocycles. The lowest BCUT2D eigenvalue weighted by Crippen LogP contribution is -2.39. The van der Waals surface area contributed by atoms with Crippen molar-refractivity contribution >= 4 is 5.97 Å². The first-order valence-corrected chi connectivity index (χ1v) is 9.22. The molecule has 0 aromatic carbocycles. The number of carbonyl (C=O) groups is 1. The predicted molar refractivity (Wildman–Crippen MR) is 87.8 cm³/mol. The van der Waals surface area contributed by atoms with Gasteiger partial charge in [0.15, 0.2) is 6.29 Å². The normalized spacial score (nSPS) is 46.0. The van der Waals surface area contributed by atoms with E-state index >= 15 is 0 Å². The highest BCUT2D eigenvalue weighted by Crippen LogP contribution is 2.63. The van der Waals surface area contributed by atoms with Gasteiger partial charge in [0.2, 0.25) is 0 Å². The topological polar surface area (TPSA) is 70.4 Å². The molecular weight excluding hydrogens is 336 g/mol. The van der Waals surface area contributed by atoms with Gasteiger partial charge >= 0.3 is 5.97 Å². The molecule has 3 fully saturated rings. The molecular formula is C20H20O6. The number of hydrogen-bond donors (Lipinski definition) is 0. The van der Waals surface area contributed by atoms with Gasteiger partial charge in [0.05, 0.1) is 41.8 Å². The molecule has 4 aliphatic heterocycles. The van der Waals surface area contributed by atoms with Gasteiger partial charge in [-0.3, -0.25) is 0 Å². The van der Waals surface area contributed by atoms with E-state index in [9.17, 15) is 4.79 Å². The van der Waals surface area contributed by atoms with Gasteiger partial charge in [-0.25, -0.2) is 4.79 Å². The van der Waals surface area contributed by atoms with Crippen LogP contribution in [0.3, 0.4) is 0 Å². The average Bonchev–Trinajstić information content (AvgIpc) is 3.00. The second kappa shape index (κ2) is 5.09. The summed E-state index contributed by atoms with van der Waals surface area (Å²) in [4.78, 5) is 12.0. The summed E-state index contributed by atoms with van der Waals surface area (Å²) in [6.45, 7) is 2.59. The van der Waals surface area contributed by atoms with Gasteiger partial charge in [0.25, 0.3) is 0 Å². The number of ether oxygens (including phenoxy) is 4. The molecule has 7 atom stereocenters. The molecule has 26 heavy (non-hydrogen) atoms. The second-order valence-electron chi connectivity index (χ2n) is 7.97. The predicted octanol–water partition coefficient (Wildman–Crippen LogP) is 2.67. The third kappa shape index (κ3) is 1.89. The van der Waals surface area contributed by atoms with E-state index in [0.29, 0.717) is 18.6 Å². The van der Waals surface area contributed by atoms with Gasteiger partial charge < -0.3 is 23.4 Å². The molecule has 1 aromatic rings. The summed E-state index contributed by atoms with van der Waals surface area (Å²) < 4.78 is 29.3. The molecule has 136 valence electrons. The van der Waals surface area contributed by atoms with E-state index in [4.69, 9.17) is 23.4 Å². The first-order valence-electron chi connectivity index (χ1n) is 9.22. The Morgan fingerprint density at radius 3 is 3.00 bits per heavy atom. The summed E-state index contributed by atoms with van der Waals surface area (Å²) in [5, 5.41) is 0. The van der Waals surface area contributed by atoms with Gasteiger partial charge in [-0.05, 0) is 36.5 Å². The average molecular weight is 356 g/mol. The third-order valence-electron chi connectivity index (χ3n) is 6.82. The molecule has 0 unspecified atom stereocenters. The van der Waals surface area contributed by atoms with Crippen molar-refractivity contribution < 1.29 is 28.2 Å². The quantitative estimate of drug-likeness (QED) is 0.569. The van der Waals surface area contributed by atoms with Crippen LogP contribution in [0.2, 0.25) is 0 Å². The Hall–Kier alpha value is -1.89. The summed E-state index contributed by atoms with van der Waals surface area (Å²) in [5.74, 6) is 0.0150. The molecule has 3 saturated heterocycles. The van der Waals surface area contributed by atoms with Gasteiger partial charge in [0, 0.05) is 5.56 Å². The van der Waals surface area contributed by atoms with E-state index in [1.807, 2.05) is 18.2 Å². The zero-order valence-electron chi connectivity index (χ0n) is 14.4. The Morgan fingerprint density at radius 2 is 2.15 bits per heavy atom. The molecule has 0 N–H and O–H groups in total. The number of rotatable bonds is 1. The van der Waals surface area contributed by atoms with Crippen LogP contribution >= 0.6 is 0 Å². The summed E-state index contributed by atoms with van der Waals surface area (Å²) in [6.07, 6.45) is 8.55. The van der Waals surface area contributed by atoms with E-state index in [1.165, 1.54) is 0 Å². The van der Waals surface area contributed by atoms with Crippen LogP contribution in [0.15, 0.2) is 46.3 Å². The van der Waals surface area contributed by atoms with Crippen LogP contribution in [0.4, 0.5) is 0 Å². The number of carbonyl (C=O) groups excluding carboxylic acids is 1. The smallest absolute Gasteiger partial charge is 0.338 e. The number of hydrogen-bond acceptors (Lipinski definition) is 6. The lowest BCUT2D eigenvalue weighted by atomic mass is 9.68. The Labute approximate surface area is 150 Å². The third-order valence-corrected chi connectivity index (χ3v) is 6.82. The molecule has 0 amide bonds. The van der Waals surface area contributed by atoms with E-state index in [1.54, 1.807) is 12.5 Å². The van der Waals surface area contributed by atoms with Gasteiger partial charge in [-0.15, -0.1) is 0 Å². The van der Waals surface area contributed by atoms with E-state index in [2.05, 4.69) is 6.92 Å². The second-order valence-corrected chi connectivity index (χ2v) is 7.97. The summed E-state index contributed by atoms with van der Waals surface area (Å²) >= 11 is 0. The maximum atomic E-state index is 12.0. The van der Waals surface area contributed by atoms with Crippen LogP contribution in [0, 0.1) is 11.3 Å². The maximum Gasteiger partial charge on any atom is 0.338 e. The zero-order valence-corrected chi connectivity index (χ0v) is 14.4. The van der Waals surface area contributed by atoms with Gasteiger partial charge in [0.1, 0.15) is 12.7 Å². The number of cyclic esters (lactones) is 1. The highest BCUT2D eigenvalue weighted by molar-refractivity contribution is 5.94. The first-order chi connectivity index (χ1) is 12.7. The monoisotopic (exact) mass is 356 g/mol. The van der Waals surface area contributed by atoms with Crippen LogP contribution < -0.4 is 0 Å². The van der Waals surface area contributed by atoms with Crippen LogP contribution in [0.25, 0.3) is 0 Å². The van der Waals surface area contributed by atoms with Crippen molar-refractivity contribution in [3.05, 3.63) is 47.5 Å². The van der Waals surface area contributed by atoms with Crippen molar-refractivity contribution in [1.82, 2.24) is 0 Å². The lowest BCUT2D eigenvalue weighted by Gasteiger charge is -2.30. The standard InChI is InChI=1S/C20H20O6/c1-10-15-6-12-9-23-18(21)13(12)2-3-14-17(24-14)20(10)7-16(26-19(20)25-15)11-4-5-22-8-11/h2-5,8,10,14-17,19H,6-7,9H2,1H3/t10-,14-,15-,16-,17+,19-,20-/m1/s1. The van der Waals surface area contributed by atoms with E-state index in [-0.39, 0.29) is 48.0 Å². The van der Waals surface area contributed by atoms with Crippen molar-refractivity contribution in [2.45, 2.75) is 50.5 Å². The minimum atomic E-state index is -0.300. The summed E-state index contributed by atoms with van der Waals surface area (Å²) in [6, 6.07) is 1.95. The number of furan rings is 1. The van der Waals surface area contributed by atoms with Crippen molar-refractivity contribution in [3.8, 4) is 0 Å². The Balaban J connectivity index is 1.38. The minimum Gasteiger partial charge on any atom is -0.472 e. The van der Waals surface area contributed by atoms with Crippen LogP contribution in [0.5, 0.6) is 0 Å². The molecule has 0 saturated carbocycles. The SMILES string of the molecule is C[C@@H]1[C@H]2CC3=C(C=C[C@H]4O[C@@H]4[C@@]14C[C@H](c1ccoc1)O[C@H]4O2)C(=O)OC3. The lowest BCUT2D eigenvalue weighted by molar-refractivity contribution is -0.154. The van der Waals surface area contributed by atoms with Crippen LogP contribution in [-0.2, 0) is 23.7 Å². The summed E-state index contributed by atoms with van der Waals surface area (Å²) in [7, 11) is 0. The molecule has 5 aliphatic rings. The van der Waals surface area contributed by atoms with Crippen molar-refractivity contribution in [3.63, 3.8) is 0 Å². The number of fused-ring (bicyclic) bond motifs is 2. The fourth-order valence-corrected chi connectivity index (χ4v) is 5.26. The van der Waals surface area contributed by atoms with Gasteiger partial charge in [-0.1, -0.05) is 13.0 Å². The molecule has 1 aliphatic carbocycles. The fraction of sp³-hybridized carbons (Fsp3) is 0.550. The molecule has 1 spiro atoms. The molecule has 0 radical (unpaired) electrons. The summed E-state index contributed by atoms with van der Waals surface area (Å²) in [5.41, 5.74) is 2.55. The van der Waals surface area contributed by atoms with Crippen molar-refractivity contribution in [2.75, 3.05) is 6.61 Å². The minimum absolute atomic E-state index is 0.00106. The van der Waals surface area contributed by atoms with E-state index < -0.39 is 0 Å². The van der Waals surface area contributed by atoms with Crippen molar-refractivity contribution in [2.24, 2.45) is 11.3 Å². The molecule has 5 heterocycles. The van der Waals surface area contributed by atoms with Gasteiger partial charge in [-0.2, -0.15) is 0 Å². The Morgan fingerprint density at radius 1 is 1.23 bits per heavy atom. The highest BCUT2D eigenvalue weighted by Gasteiger charge is 2.70. The fourth-order valence-electron chi connectivity index (χ4n) is 5.26. The number of esters is 1. The van der Waals surface area contributed by atoms with E-state index in [0.717, 1.165) is 17.6 Å². The molecule has 6 nitrogen and oxygen atoms in total. The van der Waals surface area contributed by atoms with Crippen LogP contribution in [0.1, 0.15) is 31.4 Å².